The molecule has 0 saturated heterocycles. The molecule has 0 nitrogen and oxygen atoms in total. The van der Waals surface area contributed by atoms with Crippen LogP contribution in [-0.2, 0) is 17.1 Å². The minimum absolute atomic E-state index is 0.928. The summed E-state index contributed by atoms with van der Waals surface area (Å²) in [6, 6.07) is 13.2. The second kappa shape index (κ2) is 4.58. The largest absolute Gasteiger partial charge is 0.0876 e. The Morgan fingerprint density at radius 3 is 2.47 bits per heavy atom. The first kappa shape index (κ1) is 11.5. The molecule has 0 saturated carbocycles. The first-order chi connectivity index (χ1) is 8.35. The average Bonchev–Trinajstić information content (AvgIpc) is 2.75. The summed E-state index contributed by atoms with van der Waals surface area (Å²) < 4.78 is 0. The number of alkyl halides is 2. The maximum atomic E-state index is 3.63. The summed E-state index contributed by atoms with van der Waals surface area (Å²) in [5.74, 6) is 0. The molecule has 0 bridgehead atoms. The number of hydrogen-bond donors (Lipinski definition) is 0. The Kier molecular flexibility index (Phi) is 3.10. The Morgan fingerprint density at radius 2 is 1.71 bits per heavy atom. The van der Waals surface area contributed by atoms with Gasteiger partial charge in [0.05, 0.1) is 0 Å². The summed E-state index contributed by atoms with van der Waals surface area (Å²) in [5.41, 5.74) is 8.63. The molecule has 2 aromatic carbocycles. The highest BCUT2D eigenvalue weighted by atomic mass is 79.9. The first-order valence-electron chi connectivity index (χ1n) is 5.69. The lowest BCUT2D eigenvalue weighted by atomic mass is 9.98. The fourth-order valence-corrected chi connectivity index (χ4v) is 3.84. The van der Waals surface area contributed by atoms with Crippen molar-refractivity contribution in [3.05, 3.63) is 58.7 Å². The Balaban J connectivity index is 2.24. The van der Waals surface area contributed by atoms with Crippen molar-refractivity contribution in [2.75, 3.05) is 0 Å². The third-order valence-electron chi connectivity index (χ3n) is 3.48. The van der Waals surface area contributed by atoms with Gasteiger partial charge in [-0.25, -0.2) is 0 Å². The molecule has 17 heavy (non-hydrogen) atoms. The van der Waals surface area contributed by atoms with E-state index in [2.05, 4.69) is 68.3 Å². The van der Waals surface area contributed by atoms with Gasteiger partial charge in [0, 0.05) is 10.7 Å². The number of hydrogen-bond acceptors (Lipinski definition) is 0. The second-order valence-electron chi connectivity index (χ2n) is 4.33. The van der Waals surface area contributed by atoms with E-state index in [1.54, 1.807) is 0 Å². The zero-order chi connectivity index (χ0) is 11.8. The van der Waals surface area contributed by atoms with Gasteiger partial charge in [0.25, 0.3) is 0 Å². The Bertz CT molecular complexity index is 573. The molecule has 0 amide bonds. The molecule has 2 aromatic rings. The lowest BCUT2D eigenvalue weighted by Crippen LogP contribution is -1.95. The van der Waals surface area contributed by atoms with Gasteiger partial charge in [-0.1, -0.05) is 68.3 Å². The topological polar surface area (TPSA) is 0 Å². The van der Waals surface area contributed by atoms with Crippen molar-refractivity contribution in [1.82, 2.24) is 0 Å². The van der Waals surface area contributed by atoms with Crippen LogP contribution in [0.25, 0.3) is 11.1 Å². The van der Waals surface area contributed by atoms with E-state index in [9.17, 15) is 0 Å². The van der Waals surface area contributed by atoms with E-state index in [1.165, 1.54) is 33.4 Å². The van der Waals surface area contributed by atoms with Crippen LogP contribution >= 0.6 is 31.9 Å². The fraction of sp³-hybridized carbons (Fsp3) is 0.200. The quantitative estimate of drug-likeness (QED) is 0.567. The van der Waals surface area contributed by atoms with E-state index in [0.29, 0.717) is 0 Å². The highest BCUT2D eigenvalue weighted by molar-refractivity contribution is 9.09. The van der Waals surface area contributed by atoms with E-state index < -0.39 is 0 Å². The minimum atomic E-state index is 0.928. The van der Waals surface area contributed by atoms with Crippen molar-refractivity contribution >= 4 is 31.9 Å². The van der Waals surface area contributed by atoms with E-state index in [0.717, 1.165) is 17.1 Å². The molecule has 3 rings (SSSR count). The molecule has 0 N–H and O–H groups in total. The van der Waals surface area contributed by atoms with Gasteiger partial charge in [-0.2, -0.15) is 0 Å². The minimum Gasteiger partial charge on any atom is -0.0876 e. The van der Waals surface area contributed by atoms with Crippen molar-refractivity contribution in [2.24, 2.45) is 0 Å². The van der Waals surface area contributed by atoms with Crippen LogP contribution in [0.3, 0.4) is 0 Å². The first-order valence-corrected chi connectivity index (χ1v) is 7.93. The summed E-state index contributed by atoms with van der Waals surface area (Å²) in [6.07, 6.45) is 1.08. The van der Waals surface area contributed by atoms with Crippen molar-refractivity contribution < 1.29 is 0 Å². The summed E-state index contributed by atoms with van der Waals surface area (Å²) in [5, 5.41) is 1.86. The van der Waals surface area contributed by atoms with Crippen molar-refractivity contribution in [3.8, 4) is 11.1 Å². The zero-order valence-electron chi connectivity index (χ0n) is 9.34. The highest BCUT2D eigenvalue weighted by Gasteiger charge is 2.21. The van der Waals surface area contributed by atoms with Crippen LogP contribution in [0.5, 0.6) is 0 Å². The standard InChI is InChI=1S/C15H12Br2/c16-8-11-5-6-13-12-4-2-1-3-10(12)7-14(13)15(11)9-17/h1-6H,7-9H2. The van der Waals surface area contributed by atoms with Gasteiger partial charge >= 0.3 is 0 Å². The molecule has 0 spiro atoms. The summed E-state index contributed by atoms with van der Waals surface area (Å²) in [7, 11) is 0. The Labute approximate surface area is 118 Å². The van der Waals surface area contributed by atoms with Crippen molar-refractivity contribution in [1.29, 1.82) is 0 Å². The second-order valence-corrected chi connectivity index (χ2v) is 5.45. The SMILES string of the molecule is BrCc1ccc2c(c1CBr)Cc1ccccc1-2. The lowest BCUT2D eigenvalue weighted by molar-refractivity contribution is 1.17. The van der Waals surface area contributed by atoms with E-state index >= 15 is 0 Å². The molecule has 0 atom stereocenters. The monoisotopic (exact) mass is 350 g/mol. The third kappa shape index (κ3) is 1.78. The van der Waals surface area contributed by atoms with E-state index in [4.69, 9.17) is 0 Å². The van der Waals surface area contributed by atoms with Gasteiger partial charge in [-0.05, 0) is 39.8 Å². The van der Waals surface area contributed by atoms with Crippen LogP contribution in [0.4, 0.5) is 0 Å². The molecular formula is C15H12Br2. The van der Waals surface area contributed by atoms with Crippen LogP contribution in [0.15, 0.2) is 36.4 Å². The smallest absolute Gasteiger partial charge is 0.0289 e. The molecule has 86 valence electrons. The van der Waals surface area contributed by atoms with Gasteiger partial charge in [-0.3, -0.25) is 0 Å². The van der Waals surface area contributed by atoms with E-state index in [1.807, 2.05) is 0 Å². The van der Waals surface area contributed by atoms with Crippen LogP contribution in [0.2, 0.25) is 0 Å². The molecule has 0 unspecified atom stereocenters. The number of halogens is 2. The molecule has 0 heterocycles. The van der Waals surface area contributed by atoms with Crippen LogP contribution in [0, 0.1) is 0 Å². The fourth-order valence-electron chi connectivity index (χ4n) is 2.62. The van der Waals surface area contributed by atoms with E-state index in [-0.39, 0.29) is 0 Å². The number of fused-ring (bicyclic) bond motifs is 3. The summed E-state index contributed by atoms with van der Waals surface area (Å²) >= 11 is 7.20. The predicted octanol–water partition coefficient (Wildman–Crippen LogP) is 5.05. The summed E-state index contributed by atoms with van der Waals surface area (Å²) in [6.45, 7) is 0. The molecular weight excluding hydrogens is 340 g/mol. The molecule has 1 aliphatic rings. The average molecular weight is 352 g/mol. The van der Waals surface area contributed by atoms with Gasteiger partial charge < -0.3 is 0 Å². The molecule has 0 aliphatic heterocycles. The zero-order valence-corrected chi connectivity index (χ0v) is 12.5. The molecule has 1 aliphatic carbocycles. The van der Waals surface area contributed by atoms with Crippen molar-refractivity contribution in [2.45, 2.75) is 17.1 Å². The highest BCUT2D eigenvalue weighted by Crippen LogP contribution is 2.40. The third-order valence-corrected chi connectivity index (χ3v) is 4.65. The maximum Gasteiger partial charge on any atom is 0.0289 e. The molecule has 2 heteroatoms. The normalized spacial score (nSPS) is 12.4. The molecule has 0 radical (unpaired) electrons. The maximum absolute atomic E-state index is 3.63. The van der Waals surface area contributed by atoms with Gasteiger partial charge in [0.2, 0.25) is 0 Å². The van der Waals surface area contributed by atoms with Gasteiger partial charge in [0.15, 0.2) is 0 Å². The lowest BCUT2D eigenvalue weighted by Gasteiger charge is -2.10. The molecule has 0 aromatic heterocycles. The Hall–Kier alpha value is -0.600. The van der Waals surface area contributed by atoms with Crippen LogP contribution < -0.4 is 0 Å². The molecule has 0 fully saturated rings. The van der Waals surface area contributed by atoms with Gasteiger partial charge in [-0.15, -0.1) is 0 Å². The number of benzene rings is 2. The van der Waals surface area contributed by atoms with Gasteiger partial charge in [0.1, 0.15) is 0 Å². The number of rotatable bonds is 2. The summed E-state index contributed by atoms with van der Waals surface area (Å²) in [4.78, 5) is 0. The van der Waals surface area contributed by atoms with Crippen LogP contribution in [-0.4, -0.2) is 0 Å². The predicted molar refractivity (Wildman–Crippen MR) is 79.9 cm³/mol. The van der Waals surface area contributed by atoms with Crippen LogP contribution in [0.1, 0.15) is 22.3 Å². The van der Waals surface area contributed by atoms with Crippen molar-refractivity contribution in [3.63, 3.8) is 0 Å². The Morgan fingerprint density at radius 1 is 0.882 bits per heavy atom.